The van der Waals surface area contributed by atoms with Crippen LogP contribution in [0.2, 0.25) is 0 Å². The summed E-state index contributed by atoms with van der Waals surface area (Å²) in [4.78, 5) is 12.5. The van der Waals surface area contributed by atoms with E-state index >= 15 is 0 Å². The van der Waals surface area contributed by atoms with Crippen molar-refractivity contribution in [3.63, 3.8) is 0 Å². The van der Waals surface area contributed by atoms with Crippen molar-refractivity contribution in [2.75, 3.05) is 0 Å². The molecule has 1 aliphatic heterocycles. The van der Waals surface area contributed by atoms with Gasteiger partial charge >= 0.3 is 5.97 Å². The molecule has 4 nitrogen and oxygen atoms in total. The van der Waals surface area contributed by atoms with Gasteiger partial charge in [0.05, 0.1) is 5.57 Å². The van der Waals surface area contributed by atoms with Crippen molar-refractivity contribution in [1.82, 2.24) is 0 Å². The van der Waals surface area contributed by atoms with Crippen LogP contribution in [0.5, 0.6) is 5.75 Å². The highest BCUT2D eigenvalue weighted by molar-refractivity contribution is 6.07. The normalized spacial score (nSPS) is 18.3. The molecule has 0 saturated carbocycles. The standard InChI is InChI=1S/C26H20F2O4/c1-26(30)24(19-9-5-6-10-23(19)31-16-18-7-3-2-4-8-18)20(25(29)32-26)13-11-17-12-14-21(27)22(28)15-17/h2-15,30H,16H2,1H3/b13-11+. The molecule has 0 radical (unpaired) electrons. The fourth-order valence-corrected chi connectivity index (χ4v) is 3.51. The lowest BCUT2D eigenvalue weighted by molar-refractivity contribution is -0.170. The van der Waals surface area contributed by atoms with E-state index < -0.39 is 23.4 Å². The second-order valence-corrected chi connectivity index (χ2v) is 7.44. The van der Waals surface area contributed by atoms with E-state index in [1.54, 1.807) is 24.3 Å². The van der Waals surface area contributed by atoms with Crippen LogP contribution >= 0.6 is 0 Å². The van der Waals surface area contributed by atoms with Crippen LogP contribution < -0.4 is 4.74 Å². The average Bonchev–Trinajstić information content (AvgIpc) is 3.01. The highest BCUT2D eigenvalue weighted by Crippen LogP contribution is 2.42. The zero-order valence-electron chi connectivity index (χ0n) is 17.2. The Hall–Kier alpha value is -3.77. The highest BCUT2D eigenvalue weighted by Gasteiger charge is 2.43. The molecule has 0 amide bonds. The summed E-state index contributed by atoms with van der Waals surface area (Å²) in [5.74, 6) is -4.13. The van der Waals surface area contributed by atoms with Gasteiger partial charge in [0.25, 0.3) is 0 Å². The summed E-state index contributed by atoms with van der Waals surface area (Å²) in [7, 11) is 0. The Balaban J connectivity index is 1.73. The van der Waals surface area contributed by atoms with Crippen molar-refractivity contribution < 1.29 is 28.2 Å². The third kappa shape index (κ3) is 4.45. The first-order chi connectivity index (χ1) is 15.3. The van der Waals surface area contributed by atoms with E-state index in [4.69, 9.17) is 9.47 Å². The van der Waals surface area contributed by atoms with Gasteiger partial charge in [-0.2, -0.15) is 0 Å². The van der Waals surface area contributed by atoms with Crippen LogP contribution in [0.1, 0.15) is 23.6 Å². The summed E-state index contributed by atoms with van der Waals surface area (Å²) in [6.45, 7) is 1.66. The average molecular weight is 434 g/mol. The van der Waals surface area contributed by atoms with Crippen LogP contribution in [0.4, 0.5) is 8.78 Å². The topological polar surface area (TPSA) is 55.8 Å². The maximum absolute atomic E-state index is 13.5. The third-order valence-electron chi connectivity index (χ3n) is 5.02. The number of carbonyl (C=O) groups excluding carboxylic acids is 1. The molecule has 32 heavy (non-hydrogen) atoms. The second-order valence-electron chi connectivity index (χ2n) is 7.44. The molecule has 4 rings (SSSR count). The van der Waals surface area contributed by atoms with Crippen LogP contribution in [0.25, 0.3) is 11.6 Å². The van der Waals surface area contributed by atoms with E-state index in [-0.39, 0.29) is 11.1 Å². The van der Waals surface area contributed by atoms with E-state index in [0.29, 0.717) is 23.5 Å². The van der Waals surface area contributed by atoms with E-state index in [1.807, 2.05) is 30.3 Å². The number of ether oxygens (including phenoxy) is 2. The smallest absolute Gasteiger partial charge is 0.341 e. The number of benzene rings is 3. The second kappa shape index (κ2) is 8.77. The molecule has 6 heteroatoms. The predicted molar refractivity (Wildman–Crippen MR) is 116 cm³/mol. The third-order valence-corrected chi connectivity index (χ3v) is 5.02. The van der Waals surface area contributed by atoms with Crippen LogP contribution in [0.3, 0.4) is 0 Å². The van der Waals surface area contributed by atoms with Crippen molar-refractivity contribution >= 4 is 17.6 Å². The van der Waals surface area contributed by atoms with Gasteiger partial charge < -0.3 is 14.6 Å². The molecule has 1 N–H and O–H groups in total. The number of hydrogen-bond donors (Lipinski definition) is 1. The number of aliphatic hydroxyl groups is 1. The van der Waals surface area contributed by atoms with Gasteiger partial charge in [0, 0.05) is 18.1 Å². The number of hydrogen-bond acceptors (Lipinski definition) is 4. The molecule has 0 fully saturated rings. The van der Waals surface area contributed by atoms with Crippen LogP contribution in [-0.2, 0) is 16.1 Å². The van der Waals surface area contributed by atoms with Crippen LogP contribution in [0.15, 0.2) is 84.4 Å². The minimum Gasteiger partial charge on any atom is -0.488 e. The fraction of sp³-hybridized carbons (Fsp3) is 0.115. The largest absolute Gasteiger partial charge is 0.488 e. The zero-order valence-corrected chi connectivity index (χ0v) is 17.2. The van der Waals surface area contributed by atoms with E-state index in [2.05, 4.69) is 0 Å². The molecule has 162 valence electrons. The molecule has 0 aromatic heterocycles. The first-order valence-electron chi connectivity index (χ1n) is 9.95. The molecular weight excluding hydrogens is 414 g/mol. The van der Waals surface area contributed by atoms with Crippen molar-refractivity contribution in [1.29, 1.82) is 0 Å². The molecule has 3 aromatic carbocycles. The van der Waals surface area contributed by atoms with Gasteiger partial charge in [0.2, 0.25) is 5.79 Å². The SMILES string of the molecule is CC1(O)OC(=O)C(/C=C/c2ccc(F)c(F)c2)=C1c1ccccc1OCc1ccccc1. The molecule has 1 unspecified atom stereocenters. The molecule has 1 atom stereocenters. The Kier molecular flexibility index (Phi) is 5.88. The predicted octanol–water partition coefficient (Wildman–Crippen LogP) is 5.28. The van der Waals surface area contributed by atoms with Gasteiger partial charge in [-0.05, 0) is 35.4 Å². The van der Waals surface area contributed by atoms with Crippen LogP contribution in [0, 0.1) is 11.6 Å². The summed E-state index contributed by atoms with van der Waals surface area (Å²) in [6, 6.07) is 20.0. The van der Waals surface area contributed by atoms with Gasteiger partial charge in [-0.25, -0.2) is 13.6 Å². The number of rotatable bonds is 6. The van der Waals surface area contributed by atoms with Crippen molar-refractivity contribution in [3.05, 3.63) is 113 Å². The number of para-hydroxylation sites is 1. The minimum absolute atomic E-state index is 0.0931. The van der Waals surface area contributed by atoms with Gasteiger partial charge in [-0.1, -0.05) is 60.7 Å². The van der Waals surface area contributed by atoms with Crippen molar-refractivity contribution in [3.8, 4) is 5.75 Å². The van der Waals surface area contributed by atoms with E-state index in [9.17, 15) is 18.7 Å². The number of esters is 1. The molecular formula is C26H20F2O4. The number of halogens is 2. The van der Waals surface area contributed by atoms with Gasteiger partial charge in [-0.3, -0.25) is 0 Å². The molecule has 1 aliphatic rings. The Morgan fingerprint density at radius 1 is 0.969 bits per heavy atom. The Bertz CT molecular complexity index is 1210. The quantitative estimate of drug-likeness (QED) is 0.537. The summed E-state index contributed by atoms with van der Waals surface area (Å²) in [6.07, 6.45) is 2.87. The summed E-state index contributed by atoms with van der Waals surface area (Å²) < 4.78 is 37.9. The molecule has 0 spiro atoms. The minimum atomic E-state index is -1.89. The van der Waals surface area contributed by atoms with Crippen molar-refractivity contribution in [2.45, 2.75) is 19.3 Å². The first kappa shape index (κ1) is 21.5. The van der Waals surface area contributed by atoms with Gasteiger partial charge in [0.1, 0.15) is 12.4 Å². The molecule has 0 saturated heterocycles. The molecule has 3 aromatic rings. The van der Waals surface area contributed by atoms with Gasteiger partial charge in [0.15, 0.2) is 11.6 Å². The Morgan fingerprint density at radius 3 is 2.44 bits per heavy atom. The van der Waals surface area contributed by atoms with E-state index in [1.165, 1.54) is 25.1 Å². The Morgan fingerprint density at radius 2 is 1.69 bits per heavy atom. The molecule has 0 bridgehead atoms. The van der Waals surface area contributed by atoms with Crippen molar-refractivity contribution in [2.24, 2.45) is 0 Å². The summed E-state index contributed by atoms with van der Waals surface area (Å²) >= 11 is 0. The monoisotopic (exact) mass is 434 g/mol. The summed E-state index contributed by atoms with van der Waals surface area (Å²) in [5, 5.41) is 10.8. The molecule has 1 heterocycles. The molecule has 0 aliphatic carbocycles. The highest BCUT2D eigenvalue weighted by atomic mass is 19.2. The maximum atomic E-state index is 13.5. The lowest BCUT2D eigenvalue weighted by atomic mass is 9.94. The van der Waals surface area contributed by atoms with E-state index in [0.717, 1.165) is 17.7 Å². The Labute approximate surface area is 184 Å². The zero-order chi connectivity index (χ0) is 22.7. The van der Waals surface area contributed by atoms with Gasteiger partial charge in [-0.15, -0.1) is 0 Å². The maximum Gasteiger partial charge on any atom is 0.341 e. The first-order valence-corrected chi connectivity index (χ1v) is 9.95. The number of carbonyl (C=O) groups is 1. The van der Waals surface area contributed by atoms with Crippen LogP contribution in [-0.4, -0.2) is 16.9 Å². The lowest BCUT2D eigenvalue weighted by Crippen LogP contribution is -2.26. The fourth-order valence-electron chi connectivity index (χ4n) is 3.51. The summed E-state index contributed by atoms with van der Waals surface area (Å²) in [5.41, 5.74) is 2.12. The number of cyclic esters (lactones) is 1. The lowest BCUT2D eigenvalue weighted by Gasteiger charge is -2.21.